The van der Waals surface area contributed by atoms with Gasteiger partial charge in [0.05, 0.1) is 0 Å². The van der Waals surface area contributed by atoms with Gasteiger partial charge in [-0.05, 0) is 30.9 Å². The van der Waals surface area contributed by atoms with Gasteiger partial charge in [0.1, 0.15) is 6.54 Å². The van der Waals surface area contributed by atoms with Crippen molar-refractivity contribution in [1.82, 2.24) is 15.5 Å². The summed E-state index contributed by atoms with van der Waals surface area (Å²) in [4.78, 5) is 18.7. The lowest BCUT2D eigenvalue weighted by Crippen LogP contribution is -2.40. The van der Waals surface area contributed by atoms with E-state index >= 15 is 0 Å². The van der Waals surface area contributed by atoms with Crippen LogP contribution in [0.15, 0.2) is 65.7 Å². The summed E-state index contributed by atoms with van der Waals surface area (Å²) in [5, 5.41) is 6.69. The second kappa shape index (κ2) is 12.5. The molecule has 1 saturated heterocycles. The molecule has 1 fully saturated rings. The maximum atomic E-state index is 12.3. The van der Waals surface area contributed by atoms with Crippen LogP contribution in [-0.2, 0) is 4.79 Å². The largest absolute Gasteiger partial charge is 0.357 e. The average molecular weight is 506 g/mol. The van der Waals surface area contributed by atoms with Crippen molar-refractivity contribution in [2.24, 2.45) is 4.99 Å². The molecule has 1 heterocycles. The van der Waals surface area contributed by atoms with Crippen molar-refractivity contribution in [3.05, 3.63) is 71.8 Å². The molecule has 6 heteroatoms. The van der Waals surface area contributed by atoms with Gasteiger partial charge >= 0.3 is 0 Å². The van der Waals surface area contributed by atoms with Crippen LogP contribution in [0.5, 0.6) is 0 Å². The Morgan fingerprint density at radius 2 is 1.52 bits per heavy atom. The van der Waals surface area contributed by atoms with Crippen LogP contribution in [0.25, 0.3) is 0 Å². The molecule has 0 spiro atoms. The fourth-order valence-corrected chi connectivity index (χ4v) is 3.55. The first-order valence-corrected chi connectivity index (χ1v) is 10.2. The normalized spacial score (nSPS) is 13.9. The second-order valence-corrected chi connectivity index (χ2v) is 7.04. The van der Waals surface area contributed by atoms with Gasteiger partial charge in [-0.25, -0.2) is 4.99 Å². The highest BCUT2D eigenvalue weighted by molar-refractivity contribution is 14.0. The van der Waals surface area contributed by atoms with E-state index in [0.29, 0.717) is 12.5 Å². The van der Waals surface area contributed by atoms with Gasteiger partial charge in [-0.3, -0.25) is 4.79 Å². The zero-order valence-corrected chi connectivity index (χ0v) is 19.3. The molecule has 1 amide bonds. The third-order valence-electron chi connectivity index (χ3n) is 5.05. The summed E-state index contributed by atoms with van der Waals surface area (Å²) in [5.41, 5.74) is 2.51. The molecule has 1 aliphatic rings. The van der Waals surface area contributed by atoms with E-state index < -0.39 is 0 Å². The first-order chi connectivity index (χ1) is 13.8. The van der Waals surface area contributed by atoms with Crippen LogP contribution in [0, 0.1) is 0 Å². The predicted octanol–water partition coefficient (Wildman–Crippen LogP) is 3.61. The van der Waals surface area contributed by atoms with Crippen molar-refractivity contribution in [3.8, 4) is 0 Å². The van der Waals surface area contributed by atoms with Gasteiger partial charge in [0.2, 0.25) is 5.91 Å². The molecule has 0 radical (unpaired) electrons. The van der Waals surface area contributed by atoms with E-state index in [2.05, 4.69) is 64.2 Å². The zero-order valence-electron chi connectivity index (χ0n) is 17.0. The number of guanidine groups is 1. The Labute approximate surface area is 191 Å². The number of hydrogen-bond acceptors (Lipinski definition) is 2. The van der Waals surface area contributed by atoms with E-state index in [9.17, 15) is 4.79 Å². The number of hydrogen-bond donors (Lipinski definition) is 2. The van der Waals surface area contributed by atoms with Crippen molar-refractivity contribution in [2.75, 3.05) is 32.7 Å². The number of rotatable bonds is 7. The van der Waals surface area contributed by atoms with Crippen LogP contribution in [-0.4, -0.2) is 49.5 Å². The summed E-state index contributed by atoms with van der Waals surface area (Å²) in [6.07, 6.45) is 2.20. The minimum atomic E-state index is 0. The lowest BCUT2D eigenvalue weighted by Gasteiger charge is -2.21. The molecular weight excluding hydrogens is 475 g/mol. The molecule has 2 N–H and O–H groups in total. The molecule has 2 aromatic carbocycles. The predicted molar refractivity (Wildman–Crippen MR) is 130 cm³/mol. The Morgan fingerprint density at radius 3 is 2.03 bits per heavy atom. The fourth-order valence-electron chi connectivity index (χ4n) is 3.55. The summed E-state index contributed by atoms with van der Waals surface area (Å²) in [6.45, 7) is 5.41. The number of amides is 1. The van der Waals surface area contributed by atoms with Crippen LogP contribution in [0.4, 0.5) is 0 Å². The molecule has 3 rings (SSSR count). The average Bonchev–Trinajstić information content (AvgIpc) is 3.28. The molecule has 29 heavy (non-hydrogen) atoms. The van der Waals surface area contributed by atoms with E-state index in [4.69, 9.17) is 0 Å². The molecule has 2 aromatic rings. The van der Waals surface area contributed by atoms with E-state index in [1.807, 2.05) is 24.0 Å². The number of aliphatic imine (C=N–C) groups is 1. The first-order valence-electron chi connectivity index (χ1n) is 10.2. The lowest BCUT2D eigenvalue weighted by molar-refractivity contribution is -0.128. The number of carbonyl (C=O) groups excluding carboxylic acids is 1. The lowest BCUT2D eigenvalue weighted by atomic mass is 9.91. The van der Waals surface area contributed by atoms with Crippen LogP contribution >= 0.6 is 24.0 Å². The Hall–Kier alpha value is -2.09. The Kier molecular flexibility index (Phi) is 9.97. The van der Waals surface area contributed by atoms with Crippen molar-refractivity contribution in [3.63, 3.8) is 0 Å². The molecule has 0 aliphatic carbocycles. The number of nitrogens with one attached hydrogen (secondary N) is 2. The number of carbonyl (C=O) groups is 1. The highest BCUT2D eigenvalue weighted by atomic mass is 127. The Bertz CT molecular complexity index is 721. The smallest absolute Gasteiger partial charge is 0.244 e. The summed E-state index contributed by atoms with van der Waals surface area (Å²) in [6, 6.07) is 21.0. The molecule has 0 unspecified atom stereocenters. The van der Waals surface area contributed by atoms with Crippen molar-refractivity contribution >= 4 is 35.8 Å². The molecule has 0 bridgehead atoms. The minimum Gasteiger partial charge on any atom is -0.357 e. The third-order valence-corrected chi connectivity index (χ3v) is 5.05. The van der Waals surface area contributed by atoms with E-state index in [1.54, 1.807) is 0 Å². The molecule has 0 atom stereocenters. The summed E-state index contributed by atoms with van der Waals surface area (Å²) in [5.74, 6) is 1.00. The number of nitrogens with zero attached hydrogens (tertiary/aromatic N) is 2. The second-order valence-electron chi connectivity index (χ2n) is 7.04. The topological polar surface area (TPSA) is 56.7 Å². The van der Waals surface area contributed by atoms with Gasteiger partial charge in [-0.1, -0.05) is 60.7 Å². The molecule has 5 nitrogen and oxygen atoms in total. The summed E-state index contributed by atoms with van der Waals surface area (Å²) >= 11 is 0. The number of halogens is 1. The maximum Gasteiger partial charge on any atom is 0.244 e. The Balaban J connectivity index is 0.00000300. The van der Waals surface area contributed by atoms with Crippen molar-refractivity contribution in [2.45, 2.75) is 25.7 Å². The molecule has 156 valence electrons. The zero-order chi connectivity index (χ0) is 19.6. The summed E-state index contributed by atoms with van der Waals surface area (Å²) < 4.78 is 0. The first kappa shape index (κ1) is 23.2. The van der Waals surface area contributed by atoms with Crippen molar-refractivity contribution < 1.29 is 4.79 Å². The van der Waals surface area contributed by atoms with Crippen LogP contribution in [0.3, 0.4) is 0 Å². The Morgan fingerprint density at radius 1 is 0.966 bits per heavy atom. The van der Waals surface area contributed by atoms with E-state index in [1.165, 1.54) is 11.1 Å². The third kappa shape index (κ3) is 7.03. The van der Waals surface area contributed by atoms with Crippen molar-refractivity contribution in [1.29, 1.82) is 0 Å². The van der Waals surface area contributed by atoms with Gasteiger partial charge in [0.15, 0.2) is 5.96 Å². The molecular formula is C23H31IN4O. The SMILES string of the molecule is CCNC(=NCC(=O)N1CCCC1)NCC(c1ccccc1)c1ccccc1.I. The van der Waals surface area contributed by atoms with E-state index in [-0.39, 0.29) is 42.3 Å². The van der Waals surface area contributed by atoms with Gasteiger partial charge in [-0.15, -0.1) is 24.0 Å². The van der Waals surface area contributed by atoms with Gasteiger partial charge < -0.3 is 15.5 Å². The highest BCUT2D eigenvalue weighted by Crippen LogP contribution is 2.23. The fraction of sp³-hybridized carbons (Fsp3) is 0.391. The molecule has 1 aliphatic heterocycles. The molecule has 0 saturated carbocycles. The van der Waals surface area contributed by atoms with Gasteiger partial charge in [0, 0.05) is 32.1 Å². The van der Waals surface area contributed by atoms with Crippen LogP contribution < -0.4 is 10.6 Å². The van der Waals surface area contributed by atoms with Crippen LogP contribution in [0.2, 0.25) is 0 Å². The quantitative estimate of drug-likeness (QED) is 0.343. The minimum absolute atomic E-state index is 0. The summed E-state index contributed by atoms with van der Waals surface area (Å²) in [7, 11) is 0. The number of benzene rings is 2. The van der Waals surface area contributed by atoms with Gasteiger partial charge in [-0.2, -0.15) is 0 Å². The highest BCUT2D eigenvalue weighted by Gasteiger charge is 2.18. The monoisotopic (exact) mass is 506 g/mol. The van der Waals surface area contributed by atoms with Gasteiger partial charge in [0.25, 0.3) is 0 Å². The molecule has 0 aromatic heterocycles. The van der Waals surface area contributed by atoms with E-state index in [0.717, 1.165) is 32.5 Å². The number of likely N-dealkylation sites (tertiary alicyclic amines) is 1. The van der Waals surface area contributed by atoms with Crippen LogP contribution in [0.1, 0.15) is 36.8 Å². The standard InChI is InChI=1S/C23H30N4O.HI/c1-2-24-23(26-18-22(28)27-15-9-10-16-27)25-17-21(19-11-5-3-6-12-19)20-13-7-4-8-14-20;/h3-8,11-14,21H,2,9-10,15-18H2,1H3,(H2,24,25,26);1H. The maximum absolute atomic E-state index is 12.3.